The number of aromatic hydroxyl groups is 1. The van der Waals surface area contributed by atoms with Gasteiger partial charge in [0.05, 0.1) is 5.56 Å². The zero-order chi connectivity index (χ0) is 13.8. The first-order chi connectivity index (χ1) is 9.11. The topological polar surface area (TPSA) is 75.3 Å². The monoisotopic (exact) mass is 262 g/mol. The van der Waals surface area contributed by atoms with Crippen molar-refractivity contribution in [2.24, 2.45) is 5.92 Å². The largest absolute Gasteiger partial charge is 0.508 e. The molecule has 1 amide bonds. The Morgan fingerprint density at radius 1 is 1.42 bits per heavy atom. The minimum atomic E-state index is -0.182. The summed E-state index contributed by atoms with van der Waals surface area (Å²) in [5.41, 5.74) is 6.55. The molecule has 1 aromatic carbocycles. The minimum Gasteiger partial charge on any atom is -0.508 e. The van der Waals surface area contributed by atoms with Gasteiger partial charge in [-0.3, -0.25) is 4.79 Å². The number of benzene rings is 1. The predicted octanol–water partition coefficient (Wildman–Crippen LogP) is 2.67. The SMILES string of the molecule is CCC1CCCCC1NC(=O)c1cc(O)ccc1N. The van der Waals surface area contributed by atoms with E-state index in [-0.39, 0.29) is 17.7 Å². The number of nitrogens with one attached hydrogen (secondary N) is 1. The molecule has 0 heterocycles. The van der Waals surface area contributed by atoms with Crippen LogP contribution in [0.2, 0.25) is 0 Å². The van der Waals surface area contributed by atoms with Crippen molar-refractivity contribution in [2.75, 3.05) is 5.73 Å². The number of anilines is 1. The summed E-state index contributed by atoms with van der Waals surface area (Å²) in [4.78, 5) is 12.2. The number of carbonyl (C=O) groups excluding carboxylic acids is 1. The average Bonchev–Trinajstić information content (AvgIpc) is 2.42. The van der Waals surface area contributed by atoms with E-state index in [1.54, 1.807) is 6.07 Å². The molecule has 1 aromatic rings. The fraction of sp³-hybridized carbons (Fsp3) is 0.533. The molecule has 4 N–H and O–H groups in total. The molecule has 4 nitrogen and oxygen atoms in total. The van der Waals surface area contributed by atoms with E-state index in [1.165, 1.54) is 25.0 Å². The number of phenolic OH excluding ortho intramolecular Hbond substituents is 1. The smallest absolute Gasteiger partial charge is 0.253 e. The Balaban J connectivity index is 2.09. The zero-order valence-electron chi connectivity index (χ0n) is 11.4. The van der Waals surface area contributed by atoms with Crippen molar-refractivity contribution in [3.05, 3.63) is 23.8 Å². The second-order valence-electron chi connectivity index (χ2n) is 5.30. The van der Waals surface area contributed by atoms with Crippen molar-refractivity contribution in [3.8, 4) is 5.75 Å². The molecule has 2 unspecified atom stereocenters. The van der Waals surface area contributed by atoms with Crippen LogP contribution in [-0.4, -0.2) is 17.1 Å². The third-order valence-corrected chi connectivity index (χ3v) is 4.03. The summed E-state index contributed by atoms with van der Waals surface area (Å²) < 4.78 is 0. The van der Waals surface area contributed by atoms with Gasteiger partial charge in [0, 0.05) is 11.7 Å². The molecule has 0 saturated heterocycles. The summed E-state index contributed by atoms with van der Waals surface area (Å²) in [6, 6.07) is 4.70. The molecule has 19 heavy (non-hydrogen) atoms. The Morgan fingerprint density at radius 2 is 2.16 bits per heavy atom. The van der Waals surface area contributed by atoms with Crippen LogP contribution < -0.4 is 11.1 Å². The van der Waals surface area contributed by atoms with E-state index in [0.717, 1.165) is 19.3 Å². The molecule has 0 spiro atoms. The molecular weight excluding hydrogens is 240 g/mol. The van der Waals surface area contributed by atoms with Crippen LogP contribution >= 0.6 is 0 Å². The highest BCUT2D eigenvalue weighted by atomic mass is 16.3. The van der Waals surface area contributed by atoms with Gasteiger partial charge in [-0.05, 0) is 37.0 Å². The summed E-state index contributed by atoms with van der Waals surface area (Å²) >= 11 is 0. The summed E-state index contributed by atoms with van der Waals surface area (Å²) in [5.74, 6) is 0.435. The highest BCUT2D eigenvalue weighted by Crippen LogP contribution is 2.27. The lowest BCUT2D eigenvalue weighted by Crippen LogP contribution is -2.42. The maximum atomic E-state index is 12.2. The lowest BCUT2D eigenvalue weighted by atomic mass is 9.83. The van der Waals surface area contributed by atoms with Crippen molar-refractivity contribution < 1.29 is 9.90 Å². The van der Waals surface area contributed by atoms with E-state index >= 15 is 0 Å². The molecule has 0 radical (unpaired) electrons. The quantitative estimate of drug-likeness (QED) is 0.579. The highest BCUT2D eigenvalue weighted by molar-refractivity contribution is 5.99. The van der Waals surface area contributed by atoms with Gasteiger partial charge in [-0.25, -0.2) is 0 Å². The average molecular weight is 262 g/mol. The Hall–Kier alpha value is -1.71. The fourth-order valence-electron chi connectivity index (χ4n) is 2.87. The van der Waals surface area contributed by atoms with Gasteiger partial charge >= 0.3 is 0 Å². The van der Waals surface area contributed by atoms with Crippen LogP contribution in [0.25, 0.3) is 0 Å². The molecule has 1 aliphatic rings. The molecule has 1 aliphatic carbocycles. The van der Waals surface area contributed by atoms with Crippen LogP contribution in [0.3, 0.4) is 0 Å². The van der Waals surface area contributed by atoms with Gasteiger partial charge in [0.25, 0.3) is 5.91 Å². The van der Waals surface area contributed by atoms with Gasteiger partial charge in [0.15, 0.2) is 0 Å². The molecule has 0 bridgehead atoms. The second-order valence-corrected chi connectivity index (χ2v) is 5.30. The highest BCUT2D eigenvalue weighted by Gasteiger charge is 2.25. The second kappa shape index (κ2) is 5.95. The van der Waals surface area contributed by atoms with Crippen molar-refractivity contribution in [3.63, 3.8) is 0 Å². The van der Waals surface area contributed by atoms with E-state index in [4.69, 9.17) is 5.73 Å². The summed E-state index contributed by atoms with van der Waals surface area (Å²) in [6.45, 7) is 2.16. The van der Waals surface area contributed by atoms with E-state index < -0.39 is 0 Å². The van der Waals surface area contributed by atoms with Crippen LogP contribution in [0.5, 0.6) is 5.75 Å². The van der Waals surface area contributed by atoms with E-state index in [2.05, 4.69) is 12.2 Å². The molecule has 1 saturated carbocycles. The van der Waals surface area contributed by atoms with Gasteiger partial charge < -0.3 is 16.2 Å². The number of hydrogen-bond acceptors (Lipinski definition) is 3. The third-order valence-electron chi connectivity index (χ3n) is 4.03. The van der Waals surface area contributed by atoms with Crippen molar-refractivity contribution >= 4 is 11.6 Å². The van der Waals surface area contributed by atoms with E-state index in [1.807, 2.05) is 0 Å². The van der Waals surface area contributed by atoms with Crippen LogP contribution in [0.1, 0.15) is 49.4 Å². The van der Waals surface area contributed by atoms with Crippen LogP contribution in [0.4, 0.5) is 5.69 Å². The molecular formula is C15H22N2O2. The van der Waals surface area contributed by atoms with Crippen molar-refractivity contribution in [2.45, 2.75) is 45.1 Å². The van der Waals surface area contributed by atoms with Crippen molar-refractivity contribution in [1.29, 1.82) is 0 Å². The number of carbonyl (C=O) groups is 1. The molecule has 0 aliphatic heterocycles. The number of hydrogen-bond donors (Lipinski definition) is 3. The number of nitrogens with two attached hydrogens (primary N) is 1. The maximum absolute atomic E-state index is 12.2. The number of nitrogen functional groups attached to an aromatic ring is 1. The Morgan fingerprint density at radius 3 is 2.89 bits per heavy atom. The Bertz CT molecular complexity index is 459. The van der Waals surface area contributed by atoms with E-state index in [0.29, 0.717) is 17.2 Å². The minimum absolute atomic E-state index is 0.0648. The Labute approximate surface area is 114 Å². The summed E-state index contributed by atoms with van der Waals surface area (Å²) in [6.07, 6.45) is 5.70. The molecule has 1 fully saturated rings. The summed E-state index contributed by atoms with van der Waals surface area (Å²) in [5, 5.41) is 12.5. The van der Waals surface area contributed by atoms with Gasteiger partial charge in [-0.15, -0.1) is 0 Å². The van der Waals surface area contributed by atoms with Crippen LogP contribution in [0, 0.1) is 5.92 Å². The van der Waals surface area contributed by atoms with Gasteiger partial charge in [-0.2, -0.15) is 0 Å². The predicted molar refractivity (Wildman–Crippen MR) is 76.0 cm³/mol. The lowest BCUT2D eigenvalue weighted by molar-refractivity contribution is 0.0905. The Kier molecular flexibility index (Phi) is 4.30. The fourth-order valence-corrected chi connectivity index (χ4v) is 2.87. The first-order valence-corrected chi connectivity index (χ1v) is 7.01. The molecule has 2 rings (SSSR count). The third kappa shape index (κ3) is 3.19. The van der Waals surface area contributed by atoms with Crippen LogP contribution in [-0.2, 0) is 0 Å². The first kappa shape index (κ1) is 13.7. The normalized spacial score (nSPS) is 23.0. The lowest BCUT2D eigenvalue weighted by Gasteiger charge is -2.31. The van der Waals surface area contributed by atoms with Crippen molar-refractivity contribution in [1.82, 2.24) is 5.32 Å². The maximum Gasteiger partial charge on any atom is 0.253 e. The van der Waals surface area contributed by atoms with Gasteiger partial charge in [-0.1, -0.05) is 26.2 Å². The molecule has 4 heteroatoms. The first-order valence-electron chi connectivity index (χ1n) is 7.01. The number of phenols is 1. The van der Waals surface area contributed by atoms with Gasteiger partial charge in [0.2, 0.25) is 0 Å². The molecule has 104 valence electrons. The van der Waals surface area contributed by atoms with Gasteiger partial charge in [0.1, 0.15) is 5.75 Å². The zero-order valence-corrected chi connectivity index (χ0v) is 11.4. The van der Waals surface area contributed by atoms with E-state index in [9.17, 15) is 9.90 Å². The van der Waals surface area contributed by atoms with Crippen LogP contribution in [0.15, 0.2) is 18.2 Å². The number of amides is 1. The molecule has 2 atom stereocenters. The molecule has 0 aromatic heterocycles. The number of rotatable bonds is 3. The standard InChI is InChI=1S/C15H22N2O2/c1-2-10-5-3-4-6-14(10)17-15(19)12-9-11(18)7-8-13(12)16/h7-10,14,18H,2-6,16H2,1H3,(H,17,19). The summed E-state index contributed by atoms with van der Waals surface area (Å²) in [7, 11) is 0.